The molecule has 1 aromatic heterocycles. The molecule has 0 bridgehead atoms. The molecule has 1 aromatic carbocycles. The predicted molar refractivity (Wildman–Crippen MR) is 75.7 cm³/mol. The third-order valence-electron chi connectivity index (χ3n) is 2.44. The number of methoxy groups -OCH3 is 1. The molecule has 112 valence electrons. The van der Waals surface area contributed by atoms with Crippen LogP contribution >= 0.6 is 15.9 Å². The molecule has 0 aliphatic heterocycles. The maximum absolute atomic E-state index is 13.5. The summed E-state index contributed by atoms with van der Waals surface area (Å²) in [5.41, 5.74) is -0.503. The summed E-state index contributed by atoms with van der Waals surface area (Å²) in [6, 6.07) is 3.69. The lowest BCUT2D eigenvalue weighted by Crippen LogP contribution is -2.15. The first kappa shape index (κ1) is 15.6. The average Bonchev–Trinajstić information content (AvgIpc) is 2.42. The lowest BCUT2D eigenvalue weighted by Gasteiger charge is -2.11. The van der Waals surface area contributed by atoms with E-state index in [2.05, 4.69) is 20.9 Å². The predicted octanol–water partition coefficient (Wildman–Crippen LogP) is 2.93. The first-order valence-electron chi connectivity index (χ1n) is 5.51. The number of anilines is 1. The van der Waals surface area contributed by atoms with Crippen LogP contribution in [0.2, 0.25) is 0 Å². The monoisotopic (exact) mass is 378 g/mol. The molecule has 2 aromatic rings. The van der Waals surface area contributed by atoms with Crippen molar-refractivity contribution in [3.8, 4) is 5.88 Å². The van der Waals surface area contributed by atoms with Crippen LogP contribution in [0.5, 0.6) is 5.88 Å². The van der Waals surface area contributed by atoms with Crippen molar-refractivity contribution in [3.63, 3.8) is 0 Å². The molecule has 1 heterocycles. The number of hydrogen-bond donors (Lipinski definition) is 1. The second kappa shape index (κ2) is 5.94. The summed E-state index contributed by atoms with van der Waals surface area (Å²) in [6.45, 7) is 0. The van der Waals surface area contributed by atoms with Crippen LogP contribution in [0.1, 0.15) is 0 Å². The van der Waals surface area contributed by atoms with Gasteiger partial charge >= 0.3 is 0 Å². The fourth-order valence-corrected chi connectivity index (χ4v) is 3.22. The molecule has 0 unspecified atom stereocenters. The second-order valence-corrected chi connectivity index (χ2v) is 6.46. The minimum atomic E-state index is -4.19. The number of pyridine rings is 1. The first-order valence-corrected chi connectivity index (χ1v) is 7.78. The van der Waals surface area contributed by atoms with Gasteiger partial charge in [0.1, 0.15) is 11.6 Å². The average molecular weight is 379 g/mol. The molecule has 0 spiro atoms. The van der Waals surface area contributed by atoms with Gasteiger partial charge in [0.05, 0.1) is 12.8 Å². The van der Waals surface area contributed by atoms with E-state index in [1.54, 1.807) is 0 Å². The standard InChI is InChI=1S/C12H9BrF2N2O3S/c1-20-12-11(4-7(13)6-16-12)21(18,19)17-10-5-8(14)2-3-9(10)15/h2-6,17H,1H3. The summed E-state index contributed by atoms with van der Waals surface area (Å²) in [4.78, 5) is 3.49. The Balaban J connectivity index is 2.48. The van der Waals surface area contributed by atoms with Gasteiger partial charge in [-0.3, -0.25) is 4.72 Å². The molecule has 0 aliphatic carbocycles. The summed E-state index contributed by atoms with van der Waals surface area (Å²) < 4.78 is 58.3. The van der Waals surface area contributed by atoms with Gasteiger partial charge in [0, 0.05) is 16.7 Å². The fraction of sp³-hybridized carbons (Fsp3) is 0.0833. The van der Waals surface area contributed by atoms with E-state index in [-0.39, 0.29) is 10.8 Å². The highest BCUT2D eigenvalue weighted by Gasteiger charge is 2.22. The van der Waals surface area contributed by atoms with Crippen molar-refractivity contribution in [2.75, 3.05) is 11.8 Å². The third-order valence-corrected chi connectivity index (χ3v) is 4.23. The van der Waals surface area contributed by atoms with Gasteiger partial charge < -0.3 is 4.74 Å². The van der Waals surface area contributed by atoms with Crippen molar-refractivity contribution in [2.45, 2.75) is 4.90 Å². The number of aromatic nitrogens is 1. The smallest absolute Gasteiger partial charge is 0.267 e. The number of sulfonamides is 1. The Morgan fingerprint density at radius 2 is 2.00 bits per heavy atom. The van der Waals surface area contributed by atoms with Crippen LogP contribution in [-0.4, -0.2) is 20.5 Å². The Bertz CT molecular complexity index is 784. The molecule has 0 amide bonds. The molecule has 0 saturated heterocycles. The van der Waals surface area contributed by atoms with Crippen LogP contribution in [-0.2, 0) is 10.0 Å². The number of ether oxygens (including phenoxy) is 1. The largest absolute Gasteiger partial charge is 0.480 e. The minimum absolute atomic E-state index is 0.164. The van der Waals surface area contributed by atoms with Crippen LogP contribution < -0.4 is 9.46 Å². The van der Waals surface area contributed by atoms with Crippen LogP contribution in [0.3, 0.4) is 0 Å². The molecule has 5 nitrogen and oxygen atoms in total. The molecule has 0 radical (unpaired) electrons. The van der Waals surface area contributed by atoms with E-state index < -0.39 is 27.3 Å². The Kier molecular flexibility index (Phi) is 4.43. The Morgan fingerprint density at radius 1 is 1.29 bits per heavy atom. The Morgan fingerprint density at radius 3 is 2.67 bits per heavy atom. The quantitative estimate of drug-likeness (QED) is 0.887. The maximum atomic E-state index is 13.5. The molecule has 2 rings (SSSR count). The minimum Gasteiger partial charge on any atom is -0.480 e. The van der Waals surface area contributed by atoms with E-state index in [4.69, 9.17) is 4.74 Å². The van der Waals surface area contributed by atoms with Crippen molar-refractivity contribution in [3.05, 3.63) is 46.6 Å². The Hall–Kier alpha value is -1.74. The number of hydrogen-bond acceptors (Lipinski definition) is 4. The van der Waals surface area contributed by atoms with Gasteiger partial charge in [-0.1, -0.05) is 0 Å². The van der Waals surface area contributed by atoms with Crippen molar-refractivity contribution < 1.29 is 21.9 Å². The molecule has 21 heavy (non-hydrogen) atoms. The van der Waals surface area contributed by atoms with Crippen LogP contribution in [0.25, 0.3) is 0 Å². The normalized spacial score (nSPS) is 11.2. The summed E-state index contributed by atoms with van der Waals surface area (Å²) in [5.74, 6) is -1.84. The van der Waals surface area contributed by atoms with Crippen LogP contribution in [0.15, 0.2) is 39.8 Å². The highest BCUT2D eigenvalue weighted by molar-refractivity contribution is 9.10. The molecule has 0 atom stereocenters. The Labute approximate surface area is 128 Å². The summed E-state index contributed by atoms with van der Waals surface area (Å²) >= 11 is 3.09. The van der Waals surface area contributed by atoms with Crippen molar-refractivity contribution in [2.24, 2.45) is 0 Å². The van der Waals surface area contributed by atoms with Gasteiger partial charge in [-0.25, -0.2) is 22.2 Å². The molecular formula is C12H9BrF2N2O3S. The molecule has 0 aliphatic rings. The highest BCUT2D eigenvalue weighted by atomic mass is 79.9. The van der Waals surface area contributed by atoms with E-state index in [0.717, 1.165) is 18.2 Å². The maximum Gasteiger partial charge on any atom is 0.267 e. The van der Waals surface area contributed by atoms with Crippen LogP contribution in [0, 0.1) is 11.6 Å². The summed E-state index contributed by atoms with van der Waals surface area (Å²) in [5, 5.41) is 0. The van der Waals surface area contributed by atoms with E-state index in [1.807, 2.05) is 4.72 Å². The van der Waals surface area contributed by atoms with Gasteiger partial charge in [-0.2, -0.15) is 0 Å². The van der Waals surface area contributed by atoms with Gasteiger partial charge in [-0.05, 0) is 34.1 Å². The number of benzene rings is 1. The SMILES string of the molecule is COc1ncc(Br)cc1S(=O)(=O)Nc1cc(F)ccc1F. The van der Waals surface area contributed by atoms with E-state index >= 15 is 0 Å². The zero-order chi connectivity index (χ0) is 15.6. The first-order chi connectivity index (χ1) is 9.83. The van der Waals surface area contributed by atoms with Crippen molar-refractivity contribution in [1.29, 1.82) is 0 Å². The zero-order valence-electron chi connectivity index (χ0n) is 10.6. The van der Waals surface area contributed by atoms with E-state index in [0.29, 0.717) is 4.47 Å². The van der Waals surface area contributed by atoms with E-state index in [1.165, 1.54) is 19.4 Å². The highest BCUT2D eigenvalue weighted by Crippen LogP contribution is 2.27. The molecular weight excluding hydrogens is 370 g/mol. The number of rotatable bonds is 4. The molecule has 0 fully saturated rings. The lowest BCUT2D eigenvalue weighted by molar-refractivity contribution is 0.385. The van der Waals surface area contributed by atoms with Gasteiger partial charge in [0.15, 0.2) is 4.90 Å². The lowest BCUT2D eigenvalue weighted by atomic mass is 10.3. The van der Waals surface area contributed by atoms with Gasteiger partial charge in [0.25, 0.3) is 10.0 Å². The molecule has 1 N–H and O–H groups in total. The number of nitrogens with zero attached hydrogens (tertiary/aromatic N) is 1. The summed E-state index contributed by atoms with van der Waals surface area (Å²) in [6.07, 6.45) is 1.35. The summed E-state index contributed by atoms with van der Waals surface area (Å²) in [7, 11) is -2.94. The number of nitrogens with one attached hydrogen (secondary N) is 1. The second-order valence-electron chi connectivity index (χ2n) is 3.89. The topological polar surface area (TPSA) is 68.3 Å². The van der Waals surface area contributed by atoms with Crippen molar-refractivity contribution in [1.82, 2.24) is 4.98 Å². The fourth-order valence-electron chi connectivity index (χ4n) is 1.53. The van der Waals surface area contributed by atoms with Crippen molar-refractivity contribution >= 4 is 31.6 Å². The third kappa shape index (κ3) is 3.48. The molecule has 0 saturated carbocycles. The zero-order valence-corrected chi connectivity index (χ0v) is 13.0. The van der Waals surface area contributed by atoms with E-state index in [9.17, 15) is 17.2 Å². The van der Waals surface area contributed by atoms with Gasteiger partial charge in [-0.15, -0.1) is 0 Å². The van der Waals surface area contributed by atoms with Gasteiger partial charge in [0.2, 0.25) is 5.88 Å². The number of halogens is 3. The molecule has 9 heteroatoms. The van der Waals surface area contributed by atoms with Crippen LogP contribution in [0.4, 0.5) is 14.5 Å².